The minimum absolute atomic E-state index is 0.0155. The second-order valence-electron chi connectivity index (χ2n) is 23.3. The van der Waals surface area contributed by atoms with E-state index in [0.717, 1.165) is 38.9 Å². The first-order valence-electron chi connectivity index (χ1n) is 30.4. The number of hydrogen-bond donors (Lipinski definition) is 9. The predicted octanol–water partition coefficient (Wildman–Crippen LogP) is 9.54. The van der Waals surface area contributed by atoms with Crippen LogP contribution in [0.4, 0.5) is 9.59 Å². The Morgan fingerprint density at radius 3 is 1.48 bits per heavy atom. The molecule has 0 fully saturated rings. The maximum atomic E-state index is 15.8. The average molecular weight is 1270 g/mol. The van der Waals surface area contributed by atoms with Gasteiger partial charge < -0.3 is 57.9 Å². The van der Waals surface area contributed by atoms with Crippen LogP contribution in [0.1, 0.15) is 97.7 Å². The standard InChI is InChI=1S/C71H79ClN8O10S/c1-70(2,3)90-52-38-34-47(35-39-52)42-60(64(82)76-58(31-19-41-75-68(74)87)63(81)77-59(67(85)86)30-17-18-40-73)78-66(84)62(45-91-71(48-20-7-4-8-21-48,49-22-9-5-10-23-49)50-24-11-6-12-25-50)79-65(83)61(43-46-32-36-51(72)37-33-46)80-69(88)89-44-57-55-28-15-13-26-53(55)54-27-14-16-29-56(54)57/h4-16,20-29,32-39,57-62H,17-19,30-31,40-45,73H2,1-3H3,(H,76,82)(H,77,81)(H,78,84)(H,79,83)(H,80,88)(H,85,86)(H3,74,75,87)/t58-,59+,60+,61+,62-/m1/s1. The van der Waals surface area contributed by atoms with E-state index in [2.05, 4.69) is 31.9 Å². The van der Waals surface area contributed by atoms with Crippen molar-refractivity contribution in [1.29, 1.82) is 0 Å². The smallest absolute Gasteiger partial charge is 0.407 e. The number of nitrogens with one attached hydrogen (secondary N) is 6. The van der Waals surface area contributed by atoms with Crippen molar-refractivity contribution < 1.29 is 48.1 Å². The van der Waals surface area contributed by atoms with Crippen molar-refractivity contribution in [3.05, 3.63) is 232 Å². The van der Waals surface area contributed by atoms with Gasteiger partial charge in [0.15, 0.2) is 0 Å². The molecule has 0 aromatic heterocycles. The summed E-state index contributed by atoms with van der Waals surface area (Å²) >= 11 is 7.72. The van der Waals surface area contributed by atoms with Crippen LogP contribution in [0, 0.1) is 0 Å². The number of aliphatic carboxylic acids is 1. The van der Waals surface area contributed by atoms with Crippen LogP contribution in [0.25, 0.3) is 11.1 Å². The largest absolute Gasteiger partial charge is 0.488 e. The summed E-state index contributed by atoms with van der Waals surface area (Å²) in [7, 11) is 0. The molecule has 20 heteroatoms. The van der Waals surface area contributed by atoms with Gasteiger partial charge in [-0.3, -0.25) is 19.2 Å². The number of carbonyl (C=O) groups is 7. The first kappa shape index (κ1) is 67.8. The molecule has 91 heavy (non-hydrogen) atoms. The second kappa shape index (κ2) is 32.5. The van der Waals surface area contributed by atoms with E-state index in [1.807, 2.05) is 160 Å². The lowest BCUT2D eigenvalue weighted by Gasteiger charge is -2.37. The summed E-state index contributed by atoms with van der Waals surface area (Å²) in [6.45, 7) is 5.99. The van der Waals surface area contributed by atoms with E-state index in [-0.39, 0.29) is 56.9 Å². The molecular weight excluding hydrogens is 1190 g/mol. The van der Waals surface area contributed by atoms with Gasteiger partial charge in [0.25, 0.3) is 0 Å². The third-order valence-electron chi connectivity index (χ3n) is 15.5. The number of fused-ring (bicyclic) bond motifs is 3. The third-order valence-corrected chi connectivity index (χ3v) is 17.4. The van der Waals surface area contributed by atoms with E-state index in [1.165, 1.54) is 11.8 Å². The quantitative estimate of drug-likeness (QED) is 0.0145. The van der Waals surface area contributed by atoms with Gasteiger partial charge in [-0.2, -0.15) is 0 Å². The highest BCUT2D eigenvalue weighted by molar-refractivity contribution is 8.00. The Morgan fingerprint density at radius 1 is 0.538 bits per heavy atom. The molecule has 0 bridgehead atoms. The zero-order valence-electron chi connectivity index (χ0n) is 51.2. The SMILES string of the molecule is CC(C)(C)Oc1ccc(C[C@H](NC(=O)[C@@H](CSC(c2ccccc2)(c2ccccc2)c2ccccc2)NC(=O)[C@H](Cc2ccc(Cl)cc2)NC(=O)OCC2c3ccccc3-c3ccccc32)C(=O)N[C@H](CCCNC(N)=O)C(=O)N[C@@H](CCCCN)C(=O)O)cc1. The Bertz CT molecular complexity index is 3440. The molecule has 18 nitrogen and oxygen atoms in total. The molecule has 0 saturated carbocycles. The van der Waals surface area contributed by atoms with Crippen LogP contribution in [0.5, 0.6) is 5.75 Å². The fraction of sp³-hybridized carbons (Fsp3) is 0.310. The molecule has 1 aliphatic rings. The molecular formula is C71H79ClN8O10S. The van der Waals surface area contributed by atoms with Gasteiger partial charge in [0.05, 0.1) is 4.75 Å². The molecule has 1 aliphatic carbocycles. The van der Waals surface area contributed by atoms with Crippen molar-refractivity contribution in [3.8, 4) is 16.9 Å². The molecule has 0 saturated heterocycles. The Kier molecular flexibility index (Phi) is 24.2. The van der Waals surface area contributed by atoms with Crippen molar-refractivity contribution in [2.45, 2.75) is 112 Å². The molecule has 7 amide bonds. The second-order valence-corrected chi connectivity index (χ2v) is 25.0. The van der Waals surface area contributed by atoms with Gasteiger partial charge in [-0.1, -0.05) is 175 Å². The zero-order chi connectivity index (χ0) is 64.9. The van der Waals surface area contributed by atoms with Gasteiger partial charge in [0, 0.05) is 36.1 Å². The fourth-order valence-corrected chi connectivity index (χ4v) is 12.8. The van der Waals surface area contributed by atoms with Crippen LogP contribution in [0.3, 0.4) is 0 Å². The number of alkyl carbamates (subject to hydrolysis) is 1. The predicted molar refractivity (Wildman–Crippen MR) is 354 cm³/mol. The van der Waals surface area contributed by atoms with Gasteiger partial charge in [-0.25, -0.2) is 14.4 Å². The molecule has 8 rings (SSSR count). The maximum Gasteiger partial charge on any atom is 0.407 e. The summed E-state index contributed by atoms with van der Waals surface area (Å²) in [5, 5.41) is 27.2. The average Bonchev–Trinajstić information content (AvgIpc) is 1.67. The molecule has 476 valence electrons. The van der Waals surface area contributed by atoms with Gasteiger partial charge in [-0.05, 0) is 134 Å². The number of rotatable bonds is 31. The number of nitrogens with two attached hydrogens (primary N) is 2. The topological polar surface area (TPSA) is 282 Å². The van der Waals surface area contributed by atoms with Crippen LogP contribution in [-0.2, 0) is 46.3 Å². The summed E-state index contributed by atoms with van der Waals surface area (Å²) in [5.41, 5.74) is 18.3. The number of halogens is 1. The van der Waals surface area contributed by atoms with Crippen molar-refractivity contribution in [3.63, 3.8) is 0 Å². The van der Waals surface area contributed by atoms with E-state index in [4.69, 9.17) is 32.5 Å². The fourth-order valence-electron chi connectivity index (χ4n) is 11.1. The minimum atomic E-state index is -1.47. The number of primary amides is 1. The van der Waals surface area contributed by atoms with Crippen molar-refractivity contribution in [1.82, 2.24) is 31.9 Å². The number of carbonyl (C=O) groups excluding carboxylic acids is 6. The lowest BCUT2D eigenvalue weighted by Crippen LogP contribution is -2.60. The van der Waals surface area contributed by atoms with Crippen LogP contribution in [0.15, 0.2) is 188 Å². The number of thioether (sulfide) groups is 1. The van der Waals surface area contributed by atoms with E-state index in [0.29, 0.717) is 41.3 Å². The van der Waals surface area contributed by atoms with Gasteiger partial charge in [0.1, 0.15) is 48.2 Å². The molecule has 0 aliphatic heterocycles. The lowest BCUT2D eigenvalue weighted by molar-refractivity contribution is -0.142. The van der Waals surface area contributed by atoms with Crippen LogP contribution >= 0.6 is 23.4 Å². The molecule has 5 atom stereocenters. The first-order chi connectivity index (χ1) is 43.8. The molecule has 0 spiro atoms. The van der Waals surface area contributed by atoms with Crippen molar-refractivity contribution in [2.24, 2.45) is 11.5 Å². The van der Waals surface area contributed by atoms with Crippen molar-refractivity contribution in [2.75, 3.05) is 25.4 Å². The summed E-state index contributed by atoms with van der Waals surface area (Å²) in [6, 6.07) is 51.0. The van der Waals surface area contributed by atoms with E-state index in [9.17, 15) is 24.3 Å². The van der Waals surface area contributed by atoms with E-state index < -0.39 is 82.3 Å². The number of amides is 7. The summed E-state index contributed by atoms with van der Waals surface area (Å²) in [6.07, 6.45) is -0.105. The Morgan fingerprint density at radius 2 is 0.978 bits per heavy atom. The third kappa shape index (κ3) is 18.9. The Labute approximate surface area is 540 Å². The van der Waals surface area contributed by atoms with Gasteiger partial charge >= 0.3 is 18.1 Å². The number of unbranched alkanes of at least 4 members (excludes halogenated alkanes) is 1. The summed E-state index contributed by atoms with van der Waals surface area (Å²) in [4.78, 5) is 99.1. The monoisotopic (exact) mass is 1270 g/mol. The summed E-state index contributed by atoms with van der Waals surface area (Å²) in [5.74, 6) is -4.39. The van der Waals surface area contributed by atoms with Gasteiger partial charge in [-0.15, -0.1) is 11.8 Å². The molecule has 11 N–H and O–H groups in total. The van der Waals surface area contributed by atoms with Crippen molar-refractivity contribution >= 4 is 65.1 Å². The highest BCUT2D eigenvalue weighted by Gasteiger charge is 2.41. The maximum absolute atomic E-state index is 15.8. The zero-order valence-corrected chi connectivity index (χ0v) is 52.8. The van der Waals surface area contributed by atoms with Crippen LogP contribution in [0.2, 0.25) is 5.02 Å². The highest BCUT2D eigenvalue weighted by atomic mass is 35.5. The number of hydrogen-bond acceptors (Lipinski definition) is 11. The number of carboxylic acids is 1. The highest BCUT2D eigenvalue weighted by Crippen LogP contribution is 2.49. The molecule has 0 unspecified atom stereocenters. The molecule has 0 radical (unpaired) electrons. The molecule has 0 heterocycles. The normalized spacial score (nSPS) is 13.5. The molecule has 7 aromatic rings. The minimum Gasteiger partial charge on any atom is -0.488 e. The number of benzene rings is 7. The number of urea groups is 1. The number of carboxylic acid groups (broad SMARTS) is 1. The number of ether oxygens (including phenoxy) is 2. The molecule has 7 aromatic carbocycles. The Hall–Kier alpha value is -9.17. The van der Waals surface area contributed by atoms with Crippen LogP contribution < -0.4 is 48.1 Å². The Balaban J connectivity index is 1.17. The summed E-state index contributed by atoms with van der Waals surface area (Å²) < 4.78 is 11.1. The van der Waals surface area contributed by atoms with E-state index >= 15 is 14.4 Å². The van der Waals surface area contributed by atoms with Crippen LogP contribution in [-0.4, -0.2) is 108 Å². The van der Waals surface area contributed by atoms with Gasteiger partial charge in [0.2, 0.25) is 23.6 Å². The lowest BCUT2D eigenvalue weighted by atomic mass is 9.84. The van der Waals surface area contributed by atoms with E-state index in [1.54, 1.807) is 48.5 Å². The first-order valence-corrected chi connectivity index (χ1v) is 31.8.